The van der Waals surface area contributed by atoms with E-state index >= 15 is 0 Å². The first kappa shape index (κ1) is 38.9. The van der Waals surface area contributed by atoms with Gasteiger partial charge in [0.2, 0.25) is 0 Å². The van der Waals surface area contributed by atoms with Crippen LogP contribution in [0.15, 0.2) is 267 Å². The van der Waals surface area contributed by atoms with Crippen LogP contribution < -0.4 is 4.90 Å². The van der Waals surface area contributed by atoms with Crippen LogP contribution in [0.2, 0.25) is 0 Å². The van der Waals surface area contributed by atoms with E-state index in [4.69, 9.17) is 0 Å². The summed E-state index contributed by atoms with van der Waals surface area (Å²) >= 11 is 0. The molecule has 0 aliphatic heterocycles. The quantitative estimate of drug-likeness (QED) is 0.141. The second-order valence-electron chi connectivity index (χ2n) is 16.9. The monoisotopic (exact) mass is 840 g/mol. The highest BCUT2D eigenvalue weighted by Crippen LogP contribution is 2.42. The van der Waals surface area contributed by atoms with Gasteiger partial charge < -0.3 is 9.47 Å². The summed E-state index contributed by atoms with van der Waals surface area (Å²) < 4.78 is 2.47. The van der Waals surface area contributed by atoms with E-state index in [0.29, 0.717) is 0 Å². The van der Waals surface area contributed by atoms with E-state index in [1.165, 1.54) is 88.2 Å². The Morgan fingerprint density at radius 3 is 1.20 bits per heavy atom. The summed E-state index contributed by atoms with van der Waals surface area (Å²) in [6, 6.07) is 96.8. The molecule has 2 nitrogen and oxygen atoms in total. The predicted molar refractivity (Wildman–Crippen MR) is 280 cm³/mol. The second-order valence-corrected chi connectivity index (χ2v) is 16.9. The van der Waals surface area contributed by atoms with Crippen molar-refractivity contribution in [3.63, 3.8) is 0 Å². The van der Waals surface area contributed by atoms with Crippen molar-refractivity contribution in [2.75, 3.05) is 4.90 Å². The van der Waals surface area contributed by atoms with Crippen molar-refractivity contribution in [1.29, 1.82) is 0 Å². The number of nitrogens with zero attached hydrogens (tertiary/aromatic N) is 2. The van der Waals surface area contributed by atoms with Gasteiger partial charge in [-0.05, 0) is 104 Å². The lowest BCUT2D eigenvalue weighted by molar-refractivity contribution is 1.18. The van der Waals surface area contributed by atoms with Crippen LogP contribution in [0.1, 0.15) is 0 Å². The lowest BCUT2D eigenvalue weighted by atomic mass is 9.98. The average Bonchev–Trinajstić information content (AvgIpc) is 3.73. The first-order valence-electron chi connectivity index (χ1n) is 22.7. The molecule has 0 unspecified atom stereocenters. The van der Waals surface area contributed by atoms with Crippen LogP contribution in [0.25, 0.3) is 93.9 Å². The largest absolute Gasteiger partial charge is 0.310 e. The maximum Gasteiger partial charge on any atom is 0.0547 e. The summed E-state index contributed by atoms with van der Waals surface area (Å²) in [4.78, 5) is 2.38. The average molecular weight is 841 g/mol. The molecule has 310 valence electrons. The van der Waals surface area contributed by atoms with Gasteiger partial charge in [-0.2, -0.15) is 0 Å². The lowest BCUT2D eigenvalue weighted by Gasteiger charge is -2.27. The van der Waals surface area contributed by atoms with Crippen LogP contribution in [0.5, 0.6) is 0 Å². The zero-order valence-electron chi connectivity index (χ0n) is 36.3. The molecule has 0 amide bonds. The Bertz CT molecular complexity index is 3550. The number of rotatable bonds is 9. The Kier molecular flexibility index (Phi) is 9.89. The molecule has 0 spiro atoms. The minimum Gasteiger partial charge on any atom is -0.310 e. The third-order valence-corrected chi connectivity index (χ3v) is 13.0. The lowest BCUT2D eigenvalue weighted by Crippen LogP contribution is -2.10. The Morgan fingerprint density at radius 1 is 0.258 bits per heavy atom. The molecule has 1 aromatic heterocycles. The predicted octanol–water partition coefficient (Wildman–Crippen LogP) is 17.7. The molecule has 12 rings (SSSR count). The number of para-hydroxylation sites is 1. The van der Waals surface area contributed by atoms with E-state index in [0.717, 1.165) is 22.7 Å². The summed E-state index contributed by atoms with van der Waals surface area (Å²) in [5, 5.41) is 4.90. The molecule has 0 atom stereocenters. The number of hydrogen-bond acceptors (Lipinski definition) is 1. The van der Waals surface area contributed by atoms with Gasteiger partial charge in [-0.1, -0.05) is 218 Å². The fourth-order valence-corrected chi connectivity index (χ4v) is 9.72. The zero-order valence-corrected chi connectivity index (χ0v) is 36.3. The van der Waals surface area contributed by atoms with Crippen molar-refractivity contribution < 1.29 is 0 Å². The van der Waals surface area contributed by atoms with E-state index in [1.54, 1.807) is 0 Å². The highest BCUT2D eigenvalue weighted by molar-refractivity contribution is 6.11. The molecule has 0 radical (unpaired) electrons. The number of hydrogen-bond donors (Lipinski definition) is 0. The number of anilines is 3. The third-order valence-electron chi connectivity index (χ3n) is 13.0. The van der Waals surface area contributed by atoms with Crippen LogP contribution in [-0.2, 0) is 0 Å². The first-order valence-corrected chi connectivity index (χ1v) is 22.7. The van der Waals surface area contributed by atoms with E-state index in [-0.39, 0.29) is 0 Å². The van der Waals surface area contributed by atoms with Crippen LogP contribution in [-0.4, -0.2) is 4.57 Å². The molecule has 0 aliphatic carbocycles. The van der Waals surface area contributed by atoms with E-state index in [9.17, 15) is 0 Å². The van der Waals surface area contributed by atoms with Gasteiger partial charge in [0.25, 0.3) is 0 Å². The van der Waals surface area contributed by atoms with Gasteiger partial charge in [0.15, 0.2) is 0 Å². The van der Waals surface area contributed by atoms with E-state index in [1.807, 2.05) is 0 Å². The van der Waals surface area contributed by atoms with Gasteiger partial charge in [0, 0.05) is 33.1 Å². The van der Waals surface area contributed by atoms with Gasteiger partial charge in [-0.25, -0.2) is 0 Å². The van der Waals surface area contributed by atoms with Crippen LogP contribution >= 0.6 is 0 Å². The van der Waals surface area contributed by atoms with E-state index in [2.05, 4.69) is 276 Å². The van der Waals surface area contributed by atoms with Gasteiger partial charge in [-0.3, -0.25) is 0 Å². The van der Waals surface area contributed by atoms with Crippen molar-refractivity contribution in [1.82, 2.24) is 4.57 Å². The molecule has 11 aromatic carbocycles. The highest BCUT2D eigenvalue weighted by Gasteiger charge is 2.19. The molecule has 0 aliphatic rings. The SMILES string of the molecule is c1ccc(-c2ccc(N(c3ccc(-c4ccc(-c5ccccc5-n5c6cc(-c7ccccc7)ccc6c6ccc(-c7ccccc7)cc65)cc4)cc3)c3cccc4ccccc34)cc2)cc1. The summed E-state index contributed by atoms with van der Waals surface area (Å²) in [5.74, 6) is 0. The molecular formula is C64H44N2. The molecule has 66 heavy (non-hydrogen) atoms. The molecular weight excluding hydrogens is 797 g/mol. The highest BCUT2D eigenvalue weighted by atomic mass is 15.1. The maximum atomic E-state index is 2.47. The van der Waals surface area contributed by atoms with Crippen LogP contribution in [0.4, 0.5) is 17.1 Å². The van der Waals surface area contributed by atoms with Crippen molar-refractivity contribution in [2.24, 2.45) is 0 Å². The van der Waals surface area contributed by atoms with Gasteiger partial charge in [0.1, 0.15) is 0 Å². The van der Waals surface area contributed by atoms with Gasteiger partial charge in [-0.15, -0.1) is 0 Å². The molecule has 0 N–H and O–H groups in total. The molecule has 0 bridgehead atoms. The molecule has 2 heteroatoms. The number of aromatic nitrogens is 1. The molecule has 1 heterocycles. The van der Waals surface area contributed by atoms with Crippen molar-refractivity contribution in [3.8, 4) is 61.3 Å². The Balaban J connectivity index is 0.922. The second kappa shape index (κ2) is 16.8. The normalized spacial score (nSPS) is 11.3. The molecule has 0 fully saturated rings. The Hall–Kier alpha value is -8.72. The maximum absolute atomic E-state index is 2.47. The minimum absolute atomic E-state index is 1.10. The number of fused-ring (bicyclic) bond motifs is 4. The summed E-state index contributed by atoms with van der Waals surface area (Å²) in [7, 11) is 0. The zero-order chi connectivity index (χ0) is 43.8. The number of benzene rings is 11. The Labute approximate surface area is 385 Å². The van der Waals surface area contributed by atoms with Crippen LogP contribution in [0, 0.1) is 0 Å². The smallest absolute Gasteiger partial charge is 0.0547 e. The van der Waals surface area contributed by atoms with E-state index < -0.39 is 0 Å². The topological polar surface area (TPSA) is 8.17 Å². The summed E-state index contributed by atoms with van der Waals surface area (Å²) in [6.45, 7) is 0. The van der Waals surface area contributed by atoms with Crippen molar-refractivity contribution >= 4 is 49.6 Å². The fraction of sp³-hybridized carbons (Fsp3) is 0. The standard InChI is InChI=1S/C64H44N2/c1-4-15-45(16-5-1)49-31-37-55(38-32-49)65(61-26-14-22-51-21-10-11-23-57(51)61)56-39-33-50(34-40-56)48-27-29-52(30-28-48)58-24-12-13-25-62(58)66-63-43-53(46-17-6-2-7-18-46)35-41-59(63)60-42-36-54(44-64(60)66)47-19-8-3-9-20-47/h1-44H. The van der Waals surface area contributed by atoms with Gasteiger partial charge >= 0.3 is 0 Å². The Morgan fingerprint density at radius 2 is 0.652 bits per heavy atom. The van der Waals surface area contributed by atoms with Crippen molar-refractivity contribution in [2.45, 2.75) is 0 Å². The summed E-state index contributed by atoms with van der Waals surface area (Å²) in [5.41, 5.74) is 18.8. The first-order chi connectivity index (χ1) is 32.7. The third kappa shape index (κ3) is 7.12. The van der Waals surface area contributed by atoms with Gasteiger partial charge in [0.05, 0.1) is 22.4 Å². The fourth-order valence-electron chi connectivity index (χ4n) is 9.72. The van der Waals surface area contributed by atoms with Crippen molar-refractivity contribution in [3.05, 3.63) is 267 Å². The molecule has 12 aromatic rings. The minimum atomic E-state index is 1.10. The molecule has 0 saturated carbocycles. The van der Waals surface area contributed by atoms with Crippen LogP contribution in [0.3, 0.4) is 0 Å². The summed E-state index contributed by atoms with van der Waals surface area (Å²) in [6.07, 6.45) is 0. The molecule has 0 saturated heterocycles.